The summed E-state index contributed by atoms with van der Waals surface area (Å²) in [5, 5.41) is 0. The smallest absolute Gasteiger partial charge is 0.342 e. The van der Waals surface area contributed by atoms with Crippen molar-refractivity contribution in [2.45, 2.75) is 25.4 Å². The molecule has 1 aromatic carbocycles. The minimum absolute atomic E-state index is 0.288. The Balaban J connectivity index is 2.87. The molecule has 0 unspecified atom stereocenters. The average Bonchev–Trinajstić information content (AvgIpc) is 2.41. The highest BCUT2D eigenvalue weighted by atomic mass is 79.9. The summed E-state index contributed by atoms with van der Waals surface area (Å²) in [4.78, 5) is 13.5. The van der Waals surface area contributed by atoms with Crippen LogP contribution in [-0.2, 0) is 6.18 Å². The summed E-state index contributed by atoms with van der Waals surface area (Å²) in [6, 6.07) is 3.56. The zero-order valence-corrected chi connectivity index (χ0v) is 13.9. The van der Waals surface area contributed by atoms with Crippen LogP contribution in [0.2, 0.25) is 0 Å². The van der Waals surface area contributed by atoms with E-state index >= 15 is 0 Å². The predicted octanol–water partition coefficient (Wildman–Crippen LogP) is 4.95. The first-order valence-corrected chi connectivity index (χ1v) is 7.78. The van der Waals surface area contributed by atoms with Crippen LogP contribution in [0.5, 0.6) is 0 Å². The van der Waals surface area contributed by atoms with Crippen molar-refractivity contribution in [2.75, 3.05) is 19.5 Å². The summed E-state index contributed by atoms with van der Waals surface area (Å²) >= 11 is 8.55. The Labute approximate surface area is 135 Å². The van der Waals surface area contributed by atoms with Gasteiger partial charge >= 0.3 is 6.18 Å². The molecule has 0 aromatic heterocycles. The zero-order chi connectivity index (χ0) is 16.0. The molecule has 0 bridgehead atoms. The van der Waals surface area contributed by atoms with Crippen molar-refractivity contribution in [3.05, 3.63) is 33.8 Å². The van der Waals surface area contributed by atoms with Crippen molar-refractivity contribution in [2.24, 2.45) is 0 Å². The van der Waals surface area contributed by atoms with Crippen LogP contribution in [0.1, 0.15) is 35.2 Å². The summed E-state index contributed by atoms with van der Waals surface area (Å²) in [7, 11) is 1.51. The molecule has 0 saturated carbocycles. The predicted molar refractivity (Wildman–Crippen MR) is 80.7 cm³/mol. The van der Waals surface area contributed by atoms with E-state index in [9.17, 15) is 18.0 Å². The highest BCUT2D eigenvalue weighted by Gasteiger charge is 2.36. The molecule has 0 N–H and O–H groups in total. The van der Waals surface area contributed by atoms with Crippen molar-refractivity contribution in [3.8, 4) is 0 Å². The Bertz CT molecular complexity index is 494. The fraction of sp³-hybridized carbons (Fsp3) is 0.500. The van der Waals surface area contributed by atoms with Crippen LogP contribution in [-0.4, -0.2) is 30.3 Å². The van der Waals surface area contributed by atoms with Crippen LogP contribution >= 0.6 is 27.5 Å². The largest absolute Gasteiger partial charge is 0.417 e. The molecule has 0 aliphatic heterocycles. The first kappa shape index (κ1) is 18.3. The molecule has 0 fully saturated rings. The van der Waals surface area contributed by atoms with Gasteiger partial charge < -0.3 is 4.90 Å². The minimum atomic E-state index is -4.56. The molecule has 1 amide bonds. The number of carbonyl (C=O) groups is 1. The second-order valence-corrected chi connectivity index (χ2v) is 5.96. The van der Waals surface area contributed by atoms with E-state index in [2.05, 4.69) is 15.9 Å². The number of amides is 1. The molecule has 0 atom stereocenters. The normalized spacial score (nSPS) is 11.5. The molecule has 0 radical (unpaired) electrons. The van der Waals surface area contributed by atoms with E-state index in [1.54, 1.807) is 0 Å². The van der Waals surface area contributed by atoms with Crippen molar-refractivity contribution in [1.29, 1.82) is 0 Å². The van der Waals surface area contributed by atoms with E-state index in [-0.39, 0.29) is 10.0 Å². The van der Waals surface area contributed by atoms with Gasteiger partial charge in [-0.3, -0.25) is 4.79 Å². The Hall–Kier alpha value is -0.750. The van der Waals surface area contributed by atoms with Gasteiger partial charge in [0, 0.05) is 23.9 Å². The van der Waals surface area contributed by atoms with Crippen LogP contribution in [0.15, 0.2) is 22.7 Å². The van der Waals surface area contributed by atoms with Crippen LogP contribution in [0.25, 0.3) is 0 Å². The molecule has 21 heavy (non-hydrogen) atoms. The van der Waals surface area contributed by atoms with Gasteiger partial charge in [-0.1, -0.05) is 22.4 Å². The van der Waals surface area contributed by atoms with Crippen LogP contribution in [0.3, 0.4) is 0 Å². The Kier molecular flexibility index (Phi) is 7.00. The Morgan fingerprint density at radius 3 is 2.52 bits per heavy atom. The summed E-state index contributed by atoms with van der Waals surface area (Å²) in [6.07, 6.45) is -2.18. The number of hydrogen-bond acceptors (Lipinski definition) is 1. The molecular formula is C14H16BrClF3NO. The number of hydrogen-bond donors (Lipinski definition) is 0. The average molecular weight is 387 g/mol. The first-order chi connectivity index (χ1) is 9.77. The van der Waals surface area contributed by atoms with E-state index in [1.807, 2.05) is 0 Å². The second-order valence-electron chi connectivity index (χ2n) is 4.66. The van der Waals surface area contributed by atoms with E-state index in [0.717, 1.165) is 18.9 Å². The molecular weight excluding hydrogens is 371 g/mol. The van der Waals surface area contributed by atoms with Gasteiger partial charge in [0.25, 0.3) is 5.91 Å². The fourth-order valence-corrected chi connectivity index (χ4v) is 2.41. The summed E-state index contributed by atoms with van der Waals surface area (Å²) < 4.78 is 39.3. The maximum atomic E-state index is 13.0. The monoisotopic (exact) mass is 385 g/mol. The van der Waals surface area contributed by atoms with Gasteiger partial charge in [-0.25, -0.2) is 0 Å². The maximum absolute atomic E-state index is 13.0. The number of nitrogens with zero attached hydrogens (tertiary/aromatic N) is 1. The highest BCUT2D eigenvalue weighted by molar-refractivity contribution is 9.10. The molecule has 0 heterocycles. The molecule has 0 saturated heterocycles. The Morgan fingerprint density at radius 1 is 1.29 bits per heavy atom. The molecule has 2 nitrogen and oxygen atoms in total. The number of unbranched alkanes of at least 4 members (excludes halogenated alkanes) is 2. The van der Waals surface area contributed by atoms with E-state index in [0.29, 0.717) is 18.8 Å². The van der Waals surface area contributed by atoms with Crippen LogP contribution in [0.4, 0.5) is 13.2 Å². The second kappa shape index (κ2) is 8.03. The number of benzene rings is 1. The van der Waals surface area contributed by atoms with Gasteiger partial charge in [-0.15, -0.1) is 11.6 Å². The molecule has 1 aromatic rings. The lowest BCUT2D eigenvalue weighted by Gasteiger charge is -2.20. The van der Waals surface area contributed by atoms with Gasteiger partial charge in [0.2, 0.25) is 0 Å². The molecule has 7 heteroatoms. The topological polar surface area (TPSA) is 20.3 Å². The molecule has 0 aliphatic carbocycles. The lowest BCUT2D eigenvalue weighted by Crippen LogP contribution is -2.29. The standard InChI is InChI=1S/C14H16BrClF3NO/c1-20(8-4-2-3-7-16)13(21)11-6-5-10(15)9-12(11)14(17,18)19/h5-6,9H,2-4,7-8H2,1H3. The number of alkyl halides is 4. The van der Waals surface area contributed by atoms with Crippen molar-refractivity contribution >= 4 is 33.4 Å². The van der Waals surface area contributed by atoms with E-state index < -0.39 is 17.6 Å². The van der Waals surface area contributed by atoms with Gasteiger partial charge in [0.15, 0.2) is 0 Å². The molecule has 0 spiro atoms. The van der Waals surface area contributed by atoms with Crippen molar-refractivity contribution < 1.29 is 18.0 Å². The minimum Gasteiger partial charge on any atom is -0.342 e. The van der Waals surface area contributed by atoms with Gasteiger partial charge in [-0.2, -0.15) is 13.2 Å². The number of rotatable bonds is 6. The third kappa shape index (κ3) is 5.51. The summed E-state index contributed by atoms with van der Waals surface area (Å²) in [6.45, 7) is 0.406. The van der Waals surface area contributed by atoms with Gasteiger partial charge in [0.1, 0.15) is 0 Å². The molecule has 1 rings (SSSR count). The maximum Gasteiger partial charge on any atom is 0.417 e. The SMILES string of the molecule is CN(CCCCCCl)C(=O)c1ccc(Br)cc1C(F)(F)F. The fourth-order valence-electron chi connectivity index (χ4n) is 1.86. The van der Waals surface area contributed by atoms with Crippen LogP contribution in [0, 0.1) is 0 Å². The zero-order valence-electron chi connectivity index (χ0n) is 11.5. The molecule has 118 valence electrons. The lowest BCUT2D eigenvalue weighted by molar-refractivity contribution is -0.138. The van der Waals surface area contributed by atoms with E-state index in [4.69, 9.17) is 11.6 Å². The number of halogens is 5. The quantitative estimate of drug-likeness (QED) is 0.500. The third-order valence-electron chi connectivity index (χ3n) is 2.99. The lowest BCUT2D eigenvalue weighted by atomic mass is 10.1. The van der Waals surface area contributed by atoms with Crippen molar-refractivity contribution in [1.82, 2.24) is 4.90 Å². The highest BCUT2D eigenvalue weighted by Crippen LogP contribution is 2.34. The number of carbonyl (C=O) groups excluding carboxylic acids is 1. The van der Waals surface area contributed by atoms with Gasteiger partial charge in [-0.05, 0) is 31.0 Å². The van der Waals surface area contributed by atoms with Crippen LogP contribution < -0.4 is 0 Å². The van der Waals surface area contributed by atoms with E-state index in [1.165, 1.54) is 24.1 Å². The first-order valence-electron chi connectivity index (χ1n) is 6.45. The van der Waals surface area contributed by atoms with Gasteiger partial charge in [0.05, 0.1) is 11.1 Å². The van der Waals surface area contributed by atoms with Crippen molar-refractivity contribution in [3.63, 3.8) is 0 Å². The molecule has 0 aliphatic rings. The summed E-state index contributed by atoms with van der Waals surface area (Å²) in [5.74, 6) is -0.0801. The summed E-state index contributed by atoms with van der Waals surface area (Å²) in [5.41, 5.74) is -1.25. The third-order valence-corrected chi connectivity index (χ3v) is 3.75. The Morgan fingerprint density at radius 2 is 1.95 bits per heavy atom.